The molecule has 0 spiro atoms. The Kier molecular flexibility index (Phi) is 7.19. The summed E-state index contributed by atoms with van der Waals surface area (Å²) in [7, 11) is 3.21. The van der Waals surface area contributed by atoms with Crippen molar-refractivity contribution in [2.24, 2.45) is 0 Å². The van der Waals surface area contributed by atoms with Gasteiger partial charge in [-0.05, 0) is 37.5 Å². The normalized spacial score (nSPS) is 13.2. The number of ether oxygens (including phenoxy) is 2. The van der Waals surface area contributed by atoms with E-state index in [9.17, 15) is 4.79 Å². The van der Waals surface area contributed by atoms with Crippen LogP contribution < -0.4 is 9.47 Å². The van der Waals surface area contributed by atoms with E-state index in [1.807, 2.05) is 36.1 Å². The molecule has 1 aromatic carbocycles. The summed E-state index contributed by atoms with van der Waals surface area (Å²) in [5.41, 5.74) is 0.994. The molecule has 156 valence electrons. The number of amides is 1. The van der Waals surface area contributed by atoms with Crippen LogP contribution >= 0.6 is 11.8 Å². The van der Waals surface area contributed by atoms with Crippen LogP contribution in [0.25, 0.3) is 0 Å². The summed E-state index contributed by atoms with van der Waals surface area (Å²) < 4.78 is 12.7. The Morgan fingerprint density at radius 2 is 2.07 bits per heavy atom. The molecule has 8 heteroatoms. The highest BCUT2D eigenvalue weighted by Gasteiger charge is 2.30. The number of hydrogen-bond acceptors (Lipinski definition) is 6. The van der Waals surface area contributed by atoms with E-state index in [4.69, 9.17) is 9.47 Å². The number of hydrogen-bond donors (Lipinski definition) is 0. The van der Waals surface area contributed by atoms with Crippen molar-refractivity contribution in [3.63, 3.8) is 0 Å². The fourth-order valence-corrected chi connectivity index (χ4v) is 4.00. The van der Waals surface area contributed by atoms with Gasteiger partial charge >= 0.3 is 0 Å². The molecule has 1 aromatic heterocycles. The number of methoxy groups -OCH3 is 2. The first-order valence-corrected chi connectivity index (χ1v) is 10.7. The second-order valence-corrected chi connectivity index (χ2v) is 7.84. The van der Waals surface area contributed by atoms with Gasteiger partial charge in [0.15, 0.2) is 16.7 Å². The fraction of sp³-hybridized carbons (Fsp3) is 0.476. The Hall–Kier alpha value is -2.48. The fourth-order valence-electron chi connectivity index (χ4n) is 3.14. The van der Waals surface area contributed by atoms with Crippen molar-refractivity contribution in [1.82, 2.24) is 19.7 Å². The number of carbonyl (C=O) groups excluding carboxylic acids is 1. The number of aromatic nitrogens is 3. The lowest BCUT2D eigenvalue weighted by molar-refractivity contribution is -0.128. The van der Waals surface area contributed by atoms with Gasteiger partial charge in [0.05, 0.1) is 20.0 Å². The molecular formula is C21H28N4O3S. The molecule has 1 aliphatic rings. The smallest absolute Gasteiger partial charge is 0.233 e. The van der Waals surface area contributed by atoms with E-state index in [0.717, 1.165) is 29.4 Å². The SMILES string of the molecule is C=CCn1c(SCC(=O)N(CC)Cc2ccc(OC)c(OC)c2)nnc1C1CC1. The first kappa shape index (κ1) is 21.2. The minimum absolute atomic E-state index is 0.0633. The lowest BCUT2D eigenvalue weighted by Gasteiger charge is -2.21. The summed E-state index contributed by atoms with van der Waals surface area (Å²) in [5.74, 6) is 3.24. The van der Waals surface area contributed by atoms with Crippen LogP contribution in [0.15, 0.2) is 36.0 Å². The Morgan fingerprint density at radius 3 is 2.69 bits per heavy atom. The van der Waals surface area contributed by atoms with Crippen molar-refractivity contribution in [1.29, 1.82) is 0 Å². The molecular weight excluding hydrogens is 388 g/mol. The molecule has 1 amide bonds. The summed E-state index contributed by atoms with van der Waals surface area (Å²) in [6.07, 6.45) is 4.16. The van der Waals surface area contributed by atoms with Gasteiger partial charge in [0.1, 0.15) is 5.82 Å². The zero-order chi connectivity index (χ0) is 20.8. The van der Waals surface area contributed by atoms with E-state index >= 15 is 0 Å². The highest BCUT2D eigenvalue weighted by atomic mass is 32.2. The van der Waals surface area contributed by atoms with Crippen LogP contribution in [0.1, 0.15) is 37.1 Å². The van der Waals surface area contributed by atoms with Crippen LogP contribution in [-0.2, 0) is 17.9 Å². The minimum atomic E-state index is 0.0633. The van der Waals surface area contributed by atoms with Gasteiger partial charge in [-0.2, -0.15) is 0 Å². The summed E-state index contributed by atoms with van der Waals surface area (Å²) in [5, 5.41) is 9.42. The number of rotatable bonds is 11. The van der Waals surface area contributed by atoms with Crippen molar-refractivity contribution in [2.45, 2.75) is 43.9 Å². The standard InChI is InChI=1S/C21H28N4O3S/c1-5-11-25-20(16-8-9-16)22-23-21(25)29-14-19(26)24(6-2)13-15-7-10-17(27-3)18(12-15)28-4/h5,7,10,12,16H,1,6,8-9,11,13-14H2,2-4H3. The highest BCUT2D eigenvalue weighted by Crippen LogP contribution is 2.40. The Morgan fingerprint density at radius 1 is 1.31 bits per heavy atom. The van der Waals surface area contributed by atoms with Crippen molar-refractivity contribution in [3.8, 4) is 11.5 Å². The molecule has 29 heavy (non-hydrogen) atoms. The Balaban J connectivity index is 1.64. The molecule has 0 aliphatic heterocycles. The van der Waals surface area contributed by atoms with E-state index < -0.39 is 0 Å². The summed E-state index contributed by atoms with van der Waals surface area (Å²) in [6.45, 7) is 7.62. The van der Waals surface area contributed by atoms with Gasteiger partial charge in [-0.1, -0.05) is 23.9 Å². The predicted molar refractivity (Wildman–Crippen MR) is 114 cm³/mol. The van der Waals surface area contributed by atoms with Crippen LogP contribution in [0.5, 0.6) is 11.5 Å². The molecule has 0 bridgehead atoms. The van der Waals surface area contributed by atoms with Crippen molar-refractivity contribution in [2.75, 3.05) is 26.5 Å². The quantitative estimate of drug-likeness (QED) is 0.412. The third-order valence-electron chi connectivity index (χ3n) is 4.88. The molecule has 1 aliphatic carbocycles. The minimum Gasteiger partial charge on any atom is -0.493 e. The maximum absolute atomic E-state index is 12.8. The van der Waals surface area contributed by atoms with E-state index in [1.54, 1.807) is 14.2 Å². The highest BCUT2D eigenvalue weighted by molar-refractivity contribution is 7.99. The summed E-state index contributed by atoms with van der Waals surface area (Å²) in [6, 6.07) is 5.72. The predicted octanol–water partition coefficient (Wildman–Crippen LogP) is 3.50. The zero-order valence-electron chi connectivity index (χ0n) is 17.3. The topological polar surface area (TPSA) is 69.5 Å². The van der Waals surface area contributed by atoms with Crippen LogP contribution in [0.2, 0.25) is 0 Å². The molecule has 0 unspecified atom stereocenters. The van der Waals surface area contributed by atoms with Crippen LogP contribution in [0.4, 0.5) is 0 Å². The van der Waals surface area contributed by atoms with E-state index in [2.05, 4.69) is 21.3 Å². The molecule has 0 N–H and O–H groups in total. The molecule has 7 nitrogen and oxygen atoms in total. The first-order chi connectivity index (χ1) is 14.1. The van der Waals surface area contributed by atoms with Crippen molar-refractivity contribution in [3.05, 3.63) is 42.2 Å². The number of benzene rings is 1. The van der Waals surface area contributed by atoms with Gasteiger partial charge in [0.2, 0.25) is 5.91 Å². The third-order valence-corrected chi connectivity index (χ3v) is 5.83. The van der Waals surface area contributed by atoms with E-state index in [0.29, 0.717) is 42.8 Å². The lowest BCUT2D eigenvalue weighted by Crippen LogP contribution is -2.31. The third kappa shape index (κ3) is 5.12. The van der Waals surface area contributed by atoms with Gasteiger partial charge < -0.3 is 18.9 Å². The Labute approximate surface area is 176 Å². The van der Waals surface area contributed by atoms with Crippen molar-refractivity contribution >= 4 is 17.7 Å². The van der Waals surface area contributed by atoms with Gasteiger partial charge in [-0.25, -0.2) is 0 Å². The average molecular weight is 417 g/mol. The van der Waals surface area contributed by atoms with Crippen LogP contribution in [-0.4, -0.2) is 52.1 Å². The van der Waals surface area contributed by atoms with Crippen LogP contribution in [0, 0.1) is 0 Å². The monoisotopic (exact) mass is 416 g/mol. The first-order valence-electron chi connectivity index (χ1n) is 9.76. The van der Waals surface area contributed by atoms with E-state index in [-0.39, 0.29) is 5.91 Å². The molecule has 0 atom stereocenters. The molecule has 1 fully saturated rings. The molecule has 1 heterocycles. The maximum Gasteiger partial charge on any atom is 0.233 e. The Bertz CT molecular complexity index is 864. The number of allylic oxidation sites excluding steroid dienone is 1. The van der Waals surface area contributed by atoms with Gasteiger partial charge in [0.25, 0.3) is 0 Å². The molecule has 0 saturated heterocycles. The maximum atomic E-state index is 12.8. The summed E-state index contributed by atoms with van der Waals surface area (Å²) >= 11 is 1.43. The van der Waals surface area contributed by atoms with E-state index in [1.165, 1.54) is 11.8 Å². The van der Waals surface area contributed by atoms with Crippen LogP contribution in [0.3, 0.4) is 0 Å². The molecule has 1 saturated carbocycles. The number of thioether (sulfide) groups is 1. The number of carbonyl (C=O) groups is 1. The average Bonchev–Trinajstić information content (AvgIpc) is 3.51. The summed E-state index contributed by atoms with van der Waals surface area (Å²) in [4.78, 5) is 14.6. The van der Waals surface area contributed by atoms with Gasteiger partial charge in [-0.15, -0.1) is 16.8 Å². The van der Waals surface area contributed by atoms with Gasteiger partial charge in [-0.3, -0.25) is 4.79 Å². The second-order valence-electron chi connectivity index (χ2n) is 6.90. The zero-order valence-corrected chi connectivity index (χ0v) is 18.1. The molecule has 0 radical (unpaired) electrons. The number of nitrogens with zero attached hydrogens (tertiary/aromatic N) is 4. The van der Waals surface area contributed by atoms with Crippen molar-refractivity contribution < 1.29 is 14.3 Å². The lowest BCUT2D eigenvalue weighted by atomic mass is 10.2. The second kappa shape index (κ2) is 9.82. The molecule has 3 rings (SSSR count). The largest absolute Gasteiger partial charge is 0.493 e. The van der Waals surface area contributed by atoms with Gasteiger partial charge in [0, 0.05) is 25.6 Å². The molecule has 2 aromatic rings.